The van der Waals surface area contributed by atoms with Gasteiger partial charge in [0.25, 0.3) is 0 Å². The van der Waals surface area contributed by atoms with Crippen LogP contribution in [-0.2, 0) is 5.60 Å². The third kappa shape index (κ3) is 14.6. The minimum absolute atomic E-state index is 0. The van der Waals surface area contributed by atoms with Gasteiger partial charge >= 0.3 is 0 Å². The highest BCUT2D eigenvalue weighted by molar-refractivity contribution is 6.31. The molecule has 3 saturated carbocycles. The van der Waals surface area contributed by atoms with Gasteiger partial charge in [0.15, 0.2) is 34.6 Å². The number of carbonyl (C=O) groups is 3. The van der Waals surface area contributed by atoms with Gasteiger partial charge < -0.3 is 49.3 Å². The average molecular weight is 1590 g/mol. The molecular weight excluding hydrogens is 1490 g/mol. The first-order chi connectivity index (χ1) is 57.8. The number of aryl methyl sites for hydroxylation is 1. The minimum Gasteiger partial charge on any atom is -0.386 e. The zero-order valence-corrected chi connectivity index (χ0v) is 67.4. The van der Waals surface area contributed by atoms with Crippen molar-refractivity contribution >= 4 is 107 Å². The van der Waals surface area contributed by atoms with Gasteiger partial charge in [-0.15, -0.1) is 5.10 Å². The fraction of sp³-hybridized carbons (Fsp3) is 0.371. The van der Waals surface area contributed by atoms with Gasteiger partial charge in [0.2, 0.25) is 0 Å². The monoisotopic (exact) mass is 1590 g/mol. The summed E-state index contributed by atoms with van der Waals surface area (Å²) in [6.45, 7) is 17.9. The molecule has 4 aliphatic heterocycles. The van der Waals surface area contributed by atoms with Crippen LogP contribution in [0, 0.1) is 6.92 Å². The Morgan fingerprint density at radius 2 is 0.706 bits per heavy atom. The van der Waals surface area contributed by atoms with E-state index in [1.54, 1.807) is 13.8 Å². The predicted molar refractivity (Wildman–Crippen MR) is 473 cm³/mol. The van der Waals surface area contributed by atoms with E-state index in [4.69, 9.17) is 13.6 Å². The number of nitrogens with one attached hydrogen (secondary N) is 3. The summed E-state index contributed by atoms with van der Waals surface area (Å²) in [4.78, 5) is 57.0. The Morgan fingerprint density at radius 3 is 1.02 bits per heavy atom. The molecule has 4 N–H and O–H groups in total. The molecule has 119 heavy (non-hydrogen) atoms. The second kappa shape index (κ2) is 32.6. The maximum absolute atomic E-state index is 14.0. The van der Waals surface area contributed by atoms with Gasteiger partial charge in [-0.05, 0) is 125 Å². The molecule has 0 unspecified atom stereocenters. The standard InChI is InChI=1S/C33H36N4O3.C32H31N7O2.C31H32N4O2.CH4/c1-33(2,39)21-12-14-22(15-13-21)34-26-20-27(37-18-16-36(17-19-37)23-8-4-3-5-9-23)30-29-28(26)31(38)24-10-6-7-11-25(24)32(29)40-35-30;40-31-23-8-4-5-9-24(23)32-29-28(31)25(34-21-12-10-20(11-13-21)26-19-33-37-35-26)18-27(30(29)36-41-32)39-16-14-38(15-17-39)22-6-2-1-3-7-22;1-20-11-13-21(14-12-20)32-25-19-26(35-17-15-34(16-18-35)22-7-3-2-4-8-22)29-28-27(25)30(36)23-9-5-6-10-24(23)31(28)37-33-29;/h6-7,10-15,20,23,34,39H,3-5,8-9,16-19H2,1-2H3;4-5,8-13,18,22,34H,1-3,6-7,14-17,19H2;5-6,9-14,19,22,32H,2-4,7-8,15-18H2,1H3;1H4. The summed E-state index contributed by atoms with van der Waals surface area (Å²) in [6, 6.07) is 55.4. The van der Waals surface area contributed by atoms with Gasteiger partial charge in [0, 0.05) is 153 Å². The second-order valence-electron chi connectivity index (χ2n) is 34.1. The zero-order valence-electron chi connectivity index (χ0n) is 67.4. The fourth-order valence-corrected chi connectivity index (χ4v) is 20.1. The van der Waals surface area contributed by atoms with Crippen molar-refractivity contribution in [3.8, 4) is 34.0 Å². The van der Waals surface area contributed by atoms with Crippen molar-refractivity contribution in [2.45, 2.75) is 148 Å². The van der Waals surface area contributed by atoms with Crippen LogP contribution >= 0.6 is 0 Å². The van der Waals surface area contributed by atoms with Gasteiger partial charge in [-0.1, -0.05) is 195 Å². The van der Waals surface area contributed by atoms with E-state index < -0.39 is 5.60 Å². The third-order valence-electron chi connectivity index (χ3n) is 26.5. The predicted octanol–water partition coefficient (Wildman–Crippen LogP) is 20.1. The minimum atomic E-state index is -0.923. The van der Waals surface area contributed by atoms with E-state index in [0.717, 1.165) is 202 Å². The van der Waals surface area contributed by atoms with Crippen molar-refractivity contribution in [2.24, 2.45) is 15.4 Å². The summed E-state index contributed by atoms with van der Waals surface area (Å²) in [6.07, 6.45) is 20.1. The highest BCUT2D eigenvalue weighted by Crippen LogP contribution is 2.51. The fourth-order valence-electron chi connectivity index (χ4n) is 20.1. The Balaban J connectivity index is 0.000000118. The van der Waals surface area contributed by atoms with Crippen LogP contribution in [0.4, 0.5) is 51.2 Å². The molecule has 0 amide bonds. The lowest BCUT2D eigenvalue weighted by molar-refractivity contribution is 0.0785. The van der Waals surface area contributed by atoms with Crippen molar-refractivity contribution in [2.75, 3.05) is 116 Å². The molecule has 6 aliphatic carbocycles. The summed E-state index contributed by atoms with van der Waals surface area (Å²) < 4.78 is 18.0. The molecule has 22 nitrogen and oxygen atoms in total. The van der Waals surface area contributed by atoms with Crippen LogP contribution in [-0.4, -0.2) is 162 Å². The van der Waals surface area contributed by atoms with Gasteiger partial charge in [-0.3, -0.25) is 29.1 Å². The van der Waals surface area contributed by atoms with Gasteiger partial charge in [-0.2, -0.15) is 5.11 Å². The number of anilines is 9. The molecule has 0 bridgehead atoms. The number of hydrogen-bond donors (Lipinski definition) is 4. The summed E-state index contributed by atoms with van der Waals surface area (Å²) in [5.74, 6) is 1.98. The molecule has 3 saturated heterocycles. The SMILES string of the molecule is C.CC(C)(O)c1ccc(Nc2cc(N3CCN(C4CCCCC4)CC3)c3noc4c3c2C(=O)c2ccccc2-4)cc1.Cc1ccc(Nc2cc(N3CCN(C4CCCCC4)CC3)c3noc4c3c2C(=O)c2ccccc2-4)cc1.O=C1c2ccccc2-c2onc3c(N4CCN(C5CCCCC5)CC4)cc(Nc4ccc(C5=NN=NC5)cc4)c1c23. The van der Waals surface area contributed by atoms with Crippen LogP contribution in [0.25, 0.3) is 66.7 Å². The number of aromatic nitrogens is 3. The summed E-state index contributed by atoms with van der Waals surface area (Å²) in [5, 5.41) is 49.0. The topological polar surface area (TPSA) is 242 Å². The van der Waals surface area contributed by atoms with Crippen LogP contribution in [0.3, 0.4) is 0 Å². The Hall–Kier alpha value is -11.7. The molecule has 0 atom stereocenters. The smallest absolute Gasteiger partial charge is 0.196 e. The molecule has 9 aromatic carbocycles. The molecule has 608 valence electrons. The van der Waals surface area contributed by atoms with E-state index in [1.165, 1.54) is 102 Å². The number of benzene rings is 9. The molecule has 22 heteroatoms. The number of aliphatic hydroxyl groups is 1. The molecule has 22 rings (SSSR count). The first-order valence-corrected chi connectivity index (χ1v) is 42.8. The highest BCUT2D eigenvalue weighted by atomic mass is 16.5. The summed E-state index contributed by atoms with van der Waals surface area (Å²) >= 11 is 0. The van der Waals surface area contributed by atoms with E-state index in [1.807, 2.05) is 121 Å². The van der Waals surface area contributed by atoms with Crippen LogP contribution < -0.4 is 30.7 Å². The Kier molecular flexibility index (Phi) is 21.1. The van der Waals surface area contributed by atoms with Gasteiger partial charge in [0.05, 0.1) is 78.3 Å². The maximum Gasteiger partial charge on any atom is 0.196 e. The lowest BCUT2D eigenvalue weighted by Gasteiger charge is -2.41. The molecule has 3 aromatic heterocycles. The quantitative estimate of drug-likeness (QED) is 0.0791. The average Bonchev–Trinajstić information content (AvgIpc) is 1.64. The van der Waals surface area contributed by atoms with Crippen LogP contribution in [0.2, 0.25) is 0 Å². The van der Waals surface area contributed by atoms with E-state index in [2.05, 4.69) is 126 Å². The van der Waals surface area contributed by atoms with Crippen molar-refractivity contribution < 1.29 is 33.1 Å². The number of rotatable bonds is 14. The molecular formula is C97H103N15O7. The summed E-state index contributed by atoms with van der Waals surface area (Å²) in [7, 11) is 0. The normalized spacial score (nSPS) is 18.4. The molecule has 0 radical (unpaired) electrons. The Morgan fingerprint density at radius 1 is 0.395 bits per heavy atom. The number of carbonyl (C=O) groups excluding carboxylic acids is 3. The second-order valence-corrected chi connectivity index (χ2v) is 34.1. The largest absolute Gasteiger partial charge is 0.386 e. The van der Waals surface area contributed by atoms with E-state index in [0.29, 0.717) is 69.3 Å². The first kappa shape index (κ1) is 77.2. The number of piperazine rings is 3. The number of hydrogen-bond acceptors (Lipinski definition) is 22. The van der Waals surface area contributed by atoms with Crippen molar-refractivity contribution in [3.63, 3.8) is 0 Å². The molecule has 12 aromatic rings. The van der Waals surface area contributed by atoms with Crippen LogP contribution in [0.1, 0.15) is 182 Å². The number of ketones is 3. The highest BCUT2D eigenvalue weighted by Gasteiger charge is 2.40. The molecule has 7 heterocycles. The number of nitrogens with zero attached hydrogens (tertiary/aromatic N) is 12. The van der Waals surface area contributed by atoms with Crippen LogP contribution in [0.5, 0.6) is 0 Å². The van der Waals surface area contributed by atoms with Crippen molar-refractivity contribution in [1.29, 1.82) is 0 Å². The van der Waals surface area contributed by atoms with Crippen molar-refractivity contribution in [3.05, 3.63) is 214 Å². The van der Waals surface area contributed by atoms with Crippen LogP contribution in [0.15, 0.2) is 193 Å². The Labute approximate surface area is 693 Å². The van der Waals surface area contributed by atoms with E-state index in [9.17, 15) is 19.5 Å². The summed E-state index contributed by atoms with van der Waals surface area (Å²) in [5.41, 5.74) is 19.5. The molecule has 10 aliphatic rings. The maximum atomic E-state index is 14.0. The number of fused-ring (bicyclic) bond motifs is 6. The Bertz CT molecular complexity index is 5900. The zero-order chi connectivity index (χ0) is 79.7. The van der Waals surface area contributed by atoms with E-state index >= 15 is 0 Å². The third-order valence-corrected chi connectivity index (χ3v) is 26.5. The van der Waals surface area contributed by atoms with Gasteiger partial charge in [-0.25, -0.2) is 0 Å². The van der Waals surface area contributed by atoms with Crippen molar-refractivity contribution in [1.82, 2.24) is 30.2 Å². The first-order valence-electron chi connectivity index (χ1n) is 42.8. The lowest BCUT2D eigenvalue weighted by atomic mass is 9.86. The van der Waals surface area contributed by atoms with Gasteiger partial charge in [0.1, 0.15) is 23.1 Å². The van der Waals surface area contributed by atoms with E-state index in [-0.39, 0.29) is 24.8 Å². The molecule has 6 fully saturated rings. The lowest BCUT2D eigenvalue weighted by Crippen LogP contribution is -2.51. The molecule has 0 spiro atoms.